The first-order valence-electron chi connectivity index (χ1n) is 9.19. The molecular formula is C21H17FN4O2. The van der Waals surface area contributed by atoms with Crippen molar-refractivity contribution in [2.45, 2.75) is 18.9 Å². The number of nitrogens with zero attached hydrogens (tertiary/aromatic N) is 2. The molecule has 1 fully saturated rings. The zero-order chi connectivity index (χ0) is 19.3. The summed E-state index contributed by atoms with van der Waals surface area (Å²) in [4.78, 5) is 38.3. The van der Waals surface area contributed by atoms with Crippen molar-refractivity contribution in [1.29, 1.82) is 0 Å². The lowest BCUT2D eigenvalue weighted by atomic mass is 10.1. The van der Waals surface area contributed by atoms with Gasteiger partial charge in [-0.05, 0) is 37.1 Å². The number of fused-ring (bicyclic) bond motifs is 2. The molecule has 2 N–H and O–H groups in total. The van der Waals surface area contributed by atoms with Crippen LogP contribution >= 0.6 is 0 Å². The Labute approximate surface area is 159 Å². The van der Waals surface area contributed by atoms with E-state index in [1.165, 1.54) is 24.4 Å². The van der Waals surface area contributed by atoms with Crippen molar-refractivity contribution in [2.75, 3.05) is 6.54 Å². The normalized spacial score (nSPS) is 16.9. The number of hydrogen-bond acceptors (Lipinski definition) is 3. The van der Waals surface area contributed by atoms with Gasteiger partial charge < -0.3 is 14.9 Å². The number of H-pyrrole nitrogens is 2. The Bertz CT molecular complexity index is 1240. The average molecular weight is 376 g/mol. The topological polar surface area (TPSA) is 81.8 Å². The van der Waals surface area contributed by atoms with Gasteiger partial charge in [0, 0.05) is 18.1 Å². The van der Waals surface area contributed by atoms with Crippen LogP contribution in [0.15, 0.2) is 53.5 Å². The lowest BCUT2D eigenvalue weighted by Gasteiger charge is -2.23. The standard InChI is InChI=1S/C21H17FN4O2/c22-14-6-3-5-12-18(14)23-11-13(19(12)27)21(28)26-10-4-9-17(26)20-24-15-7-1-2-8-16(15)25-20/h1-3,5-8,11,17H,4,9-10H2,(H,23,27)(H,24,25)/t17-/m0/s1. The predicted octanol–water partition coefficient (Wildman–Crippen LogP) is 3.52. The van der Waals surface area contributed by atoms with Crippen LogP contribution in [0, 0.1) is 5.82 Å². The van der Waals surface area contributed by atoms with E-state index in [0.29, 0.717) is 6.54 Å². The van der Waals surface area contributed by atoms with Gasteiger partial charge in [0.15, 0.2) is 0 Å². The number of para-hydroxylation sites is 3. The van der Waals surface area contributed by atoms with E-state index in [4.69, 9.17) is 0 Å². The number of halogens is 1. The minimum Gasteiger partial charge on any atom is -0.358 e. The van der Waals surface area contributed by atoms with Crippen LogP contribution < -0.4 is 5.43 Å². The summed E-state index contributed by atoms with van der Waals surface area (Å²) in [5.74, 6) is -0.166. The van der Waals surface area contributed by atoms with Gasteiger partial charge in [0.25, 0.3) is 5.91 Å². The van der Waals surface area contributed by atoms with Crippen molar-refractivity contribution < 1.29 is 9.18 Å². The van der Waals surface area contributed by atoms with Gasteiger partial charge >= 0.3 is 0 Å². The fraction of sp³-hybridized carbons (Fsp3) is 0.190. The quantitative estimate of drug-likeness (QED) is 0.562. The van der Waals surface area contributed by atoms with Crippen molar-refractivity contribution in [3.63, 3.8) is 0 Å². The number of aromatic nitrogens is 3. The summed E-state index contributed by atoms with van der Waals surface area (Å²) >= 11 is 0. The van der Waals surface area contributed by atoms with Gasteiger partial charge in [-0.3, -0.25) is 9.59 Å². The molecule has 0 unspecified atom stereocenters. The molecule has 0 aliphatic carbocycles. The Morgan fingerprint density at radius 1 is 1.18 bits per heavy atom. The van der Waals surface area contributed by atoms with Gasteiger partial charge in [-0.15, -0.1) is 0 Å². The Balaban J connectivity index is 1.55. The molecule has 140 valence electrons. The van der Waals surface area contributed by atoms with E-state index in [9.17, 15) is 14.0 Å². The number of hydrogen-bond donors (Lipinski definition) is 2. The maximum Gasteiger partial charge on any atom is 0.259 e. The first-order valence-corrected chi connectivity index (χ1v) is 9.19. The van der Waals surface area contributed by atoms with E-state index in [-0.39, 0.29) is 28.4 Å². The molecule has 2 aromatic carbocycles. The number of rotatable bonds is 2. The van der Waals surface area contributed by atoms with Crippen LogP contribution in [-0.4, -0.2) is 32.3 Å². The second-order valence-electron chi connectivity index (χ2n) is 6.99. The van der Waals surface area contributed by atoms with Gasteiger partial charge in [0.2, 0.25) is 5.43 Å². The molecule has 28 heavy (non-hydrogen) atoms. The largest absolute Gasteiger partial charge is 0.358 e. The van der Waals surface area contributed by atoms with Gasteiger partial charge in [0.05, 0.1) is 22.6 Å². The first-order chi connectivity index (χ1) is 13.6. The first kappa shape index (κ1) is 16.7. The van der Waals surface area contributed by atoms with Gasteiger partial charge in [-0.2, -0.15) is 0 Å². The molecule has 0 spiro atoms. The van der Waals surface area contributed by atoms with Crippen LogP contribution in [-0.2, 0) is 0 Å². The molecule has 1 aliphatic heterocycles. The minimum absolute atomic E-state index is 0.0149. The summed E-state index contributed by atoms with van der Waals surface area (Å²) in [7, 11) is 0. The molecule has 6 nitrogen and oxygen atoms in total. The summed E-state index contributed by atoms with van der Waals surface area (Å²) in [6.07, 6.45) is 2.91. The van der Waals surface area contributed by atoms with Crippen LogP contribution in [0.2, 0.25) is 0 Å². The van der Waals surface area contributed by atoms with Crippen LogP contribution in [0.25, 0.3) is 21.9 Å². The number of likely N-dealkylation sites (tertiary alicyclic amines) is 1. The Morgan fingerprint density at radius 3 is 2.89 bits per heavy atom. The lowest BCUT2D eigenvalue weighted by molar-refractivity contribution is 0.0729. The number of carbonyl (C=O) groups is 1. The fourth-order valence-corrected chi connectivity index (χ4v) is 3.95. The maximum absolute atomic E-state index is 13.9. The van der Waals surface area contributed by atoms with E-state index in [2.05, 4.69) is 15.0 Å². The minimum atomic E-state index is -0.519. The summed E-state index contributed by atoms with van der Waals surface area (Å²) in [6.45, 7) is 0.543. The van der Waals surface area contributed by atoms with Crippen LogP contribution in [0.5, 0.6) is 0 Å². The average Bonchev–Trinajstić information content (AvgIpc) is 3.35. The van der Waals surface area contributed by atoms with E-state index in [0.717, 1.165) is 29.7 Å². The third kappa shape index (κ3) is 2.51. The van der Waals surface area contributed by atoms with E-state index < -0.39 is 11.2 Å². The van der Waals surface area contributed by atoms with Gasteiger partial charge in [-0.25, -0.2) is 9.37 Å². The van der Waals surface area contributed by atoms with Gasteiger partial charge in [-0.1, -0.05) is 18.2 Å². The van der Waals surface area contributed by atoms with E-state index in [1.807, 2.05) is 24.3 Å². The Morgan fingerprint density at radius 2 is 2.04 bits per heavy atom. The summed E-state index contributed by atoms with van der Waals surface area (Å²) in [5.41, 5.74) is 1.42. The molecule has 4 aromatic rings. The van der Waals surface area contributed by atoms with Crippen LogP contribution in [0.4, 0.5) is 4.39 Å². The zero-order valence-electron chi connectivity index (χ0n) is 14.9. The highest BCUT2D eigenvalue weighted by atomic mass is 19.1. The summed E-state index contributed by atoms with van der Waals surface area (Å²) in [6, 6.07) is 11.7. The highest BCUT2D eigenvalue weighted by Gasteiger charge is 2.34. The SMILES string of the molecule is O=C(c1c[nH]c2c(F)cccc2c1=O)N1CCC[C@H]1c1nc2ccccc2[nH]1. The lowest BCUT2D eigenvalue weighted by Crippen LogP contribution is -2.34. The molecule has 0 saturated carbocycles. The highest BCUT2D eigenvalue weighted by Crippen LogP contribution is 2.32. The highest BCUT2D eigenvalue weighted by molar-refractivity contribution is 5.97. The van der Waals surface area contributed by atoms with Gasteiger partial charge in [0.1, 0.15) is 17.2 Å². The number of aromatic amines is 2. The van der Waals surface area contributed by atoms with Crippen molar-refractivity contribution in [2.24, 2.45) is 0 Å². The molecule has 3 heterocycles. The Kier molecular flexibility index (Phi) is 3.75. The number of benzene rings is 2. The third-order valence-electron chi connectivity index (χ3n) is 5.33. The zero-order valence-corrected chi connectivity index (χ0v) is 14.9. The van der Waals surface area contributed by atoms with Crippen molar-refractivity contribution in [3.8, 4) is 0 Å². The molecule has 2 aromatic heterocycles. The molecule has 0 bridgehead atoms. The number of amides is 1. The van der Waals surface area contributed by atoms with E-state index in [1.54, 1.807) is 4.90 Å². The second kappa shape index (κ2) is 6.30. The van der Waals surface area contributed by atoms with Crippen LogP contribution in [0.3, 0.4) is 0 Å². The molecule has 5 rings (SSSR count). The summed E-state index contributed by atoms with van der Waals surface area (Å²) < 4.78 is 13.9. The second-order valence-corrected chi connectivity index (χ2v) is 6.99. The number of carbonyl (C=O) groups excluding carboxylic acids is 1. The van der Waals surface area contributed by atoms with Crippen molar-refractivity contribution >= 4 is 27.8 Å². The van der Waals surface area contributed by atoms with Crippen molar-refractivity contribution in [1.82, 2.24) is 19.9 Å². The number of imidazole rings is 1. The van der Waals surface area contributed by atoms with E-state index >= 15 is 0 Å². The molecule has 0 radical (unpaired) electrons. The molecule has 1 atom stereocenters. The number of nitrogens with one attached hydrogen (secondary N) is 2. The molecule has 1 aliphatic rings. The summed E-state index contributed by atoms with van der Waals surface area (Å²) in [5, 5.41) is 0.172. The van der Waals surface area contributed by atoms with Crippen molar-refractivity contribution in [3.05, 3.63) is 76.1 Å². The predicted molar refractivity (Wildman–Crippen MR) is 104 cm³/mol. The smallest absolute Gasteiger partial charge is 0.259 e. The monoisotopic (exact) mass is 376 g/mol. The third-order valence-corrected chi connectivity index (χ3v) is 5.33. The molecule has 1 amide bonds. The maximum atomic E-state index is 13.9. The fourth-order valence-electron chi connectivity index (χ4n) is 3.95. The number of pyridine rings is 1. The molecule has 1 saturated heterocycles. The Hall–Kier alpha value is -3.48. The molecule has 7 heteroatoms. The van der Waals surface area contributed by atoms with Crippen LogP contribution in [0.1, 0.15) is 35.1 Å². The molecular weight excluding hydrogens is 359 g/mol.